The molecule has 15 heavy (non-hydrogen) atoms. The Morgan fingerprint density at radius 1 is 1.67 bits per heavy atom. The number of nitrogens with zero attached hydrogens (tertiary/aromatic N) is 1. The van der Waals surface area contributed by atoms with Gasteiger partial charge in [-0.15, -0.1) is 0 Å². The monoisotopic (exact) mass is 233 g/mol. The van der Waals surface area contributed by atoms with Crippen molar-refractivity contribution in [2.24, 2.45) is 5.73 Å². The van der Waals surface area contributed by atoms with Crippen LogP contribution < -0.4 is 10.5 Å². The fourth-order valence-electron chi connectivity index (χ4n) is 0.938. The van der Waals surface area contributed by atoms with Gasteiger partial charge in [0.05, 0.1) is 0 Å². The molecule has 1 aromatic heterocycles. The van der Waals surface area contributed by atoms with Crippen molar-refractivity contribution < 1.29 is 12.8 Å². The van der Waals surface area contributed by atoms with Gasteiger partial charge in [0, 0.05) is 18.8 Å². The Bertz CT molecular complexity index is 435. The Morgan fingerprint density at radius 3 is 2.87 bits per heavy atom. The highest BCUT2D eigenvalue weighted by atomic mass is 32.2. The van der Waals surface area contributed by atoms with Crippen LogP contribution in [0.15, 0.2) is 23.4 Å². The fraction of sp³-hybridized carbons (Fsp3) is 0.375. The lowest BCUT2D eigenvalue weighted by Gasteiger charge is -2.11. The van der Waals surface area contributed by atoms with Gasteiger partial charge in [0.15, 0.2) is 5.82 Å². The zero-order valence-electron chi connectivity index (χ0n) is 8.14. The average Bonchev–Trinajstić information content (AvgIpc) is 2.17. The first-order chi connectivity index (χ1) is 6.97. The van der Waals surface area contributed by atoms with Gasteiger partial charge in [0.25, 0.3) is 10.0 Å². The van der Waals surface area contributed by atoms with Gasteiger partial charge in [-0.2, -0.15) is 0 Å². The molecule has 0 aliphatic rings. The van der Waals surface area contributed by atoms with Crippen molar-refractivity contribution in [1.29, 1.82) is 0 Å². The van der Waals surface area contributed by atoms with Crippen LogP contribution in [0.4, 0.5) is 4.39 Å². The first kappa shape index (κ1) is 12.0. The molecule has 0 unspecified atom stereocenters. The van der Waals surface area contributed by atoms with Gasteiger partial charge in [0.2, 0.25) is 5.03 Å². The van der Waals surface area contributed by atoms with E-state index in [1.807, 2.05) is 0 Å². The molecule has 1 rings (SSSR count). The highest BCUT2D eigenvalue weighted by molar-refractivity contribution is 7.89. The predicted octanol–water partition coefficient (Wildman–Crippen LogP) is -0.154. The van der Waals surface area contributed by atoms with Crippen LogP contribution in [0.3, 0.4) is 0 Å². The second-order valence-electron chi connectivity index (χ2n) is 3.05. The molecule has 0 aliphatic carbocycles. The number of halogens is 1. The van der Waals surface area contributed by atoms with Crippen molar-refractivity contribution in [3.63, 3.8) is 0 Å². The van der Waals surface area contributed by atoms with Gasteiger partial charge in [0.1, 0.15) is 0 Å². The SMILES string of the molecule is C[C@H](CN)NS(=O)(=O)c1ncccc1F. The zero-order chi connectivity index (χ0) is 11.5. The van der Waals surface area contributed by atoms with E-state index in [0.717, 1.165) is 6.07 Å². The maximum atomic E-state index is 13.1. The zero-order valence-corrected chi connectivity index (χ0v) is 8.96. The normalized spacial score (nSPS) is 13.8. The number of rotatable bonds is 4. The van der Waals surface area contributed by atoms with Gasteiger partial charge in [-0.1, -0.05) is 0 Å². The second kappa shape index (κ2) is 4.65. The third-order valence-electron chi connectivity index (χ3n) is 1.69. The molecule has 0 fully saturated rings. The van der Waals surface area contributed by atoms with Crippen LogP contribution in [0.1, 0.15) is 6.92 Å². The number of hydrogen-bond donors (Lipinski definition) is 2. The molecule has 7 heteroatoms. The second-order valence-corrected chi connectivity index (χ2v) is 4.68. The minimum atomic E-state index is -3.92. The van der Waals surface area contributed by atoms with Crippen LogP contribution in [-0.4, -0.2) is 26.0 Å². The molecule has 0 bridgehead atoms. The third-order valence-corrected chi connectivity index (χ3v) is 3.21. The molecule has 0 aromatic carbocycles. The van der Waals surface area contributed by atoms with E-state index in [9.17, 15) is 12.8 Å². The van der Waals surface area contributed by atoms with E-state index in [-0.39, 0.29) is 6.54 Å². The molecule has 5 nitrogen and oxygen atoms in total. The average molecular weight is 233 g/mol. The Hall–Kier alpha value is -1.05. The number of pyridine rings is 1. The van der Waals surface area contributed by atoms with Crippen molar-refractivity contribution in [2.75, 3.05) is 6.54 Å². The molecule has 1 aromatic rings. The molecular formula is C8H12FN3O2S. The van der Waals surface area contributed by atoms with E-state index in [1.54, 1.807) is 6.92 Å². The molecular weight excluding hydrogens is 221 g/mol. The maximum Gasteiger partial charge on any atom is 0.261 e. The molecule has 0 aliphatic heterocycles. The molecule has 0 saturated heterocycles. The summed E-state index contributed by atoms with van der Waals surface area (Å²) < 4.78 is 38.4. The summed E-state index contributed by atoms with van der Waals surface area (Å²) in [5.74, 6) is -0.880. The largest absolute Gasteiger partial charge is 0.329 e. The van der Waals surface area contributed by atoms with Crippen LogP contribution in [0, 0.1) is 5.82 Å². The lowest BCUT2D eigenvalue weighted by atomic mass is 10.4. The number of hydrogen-bond acceptors (Lipinski definition) is 4. The topological polar surface area (TPSA) is 85.1 Å². The van der Waals surface area contributed by atoms with E-state index in [0.29, 0.717) is 0 Å². The molecule has 3 N–H and O–H groups in total. The summed E-state index contributed by atoms with van der Waals surface area (Å²) in [5.41, 5.74) is 5.25. The summed E-state index contributed by atoms with van der Waals surface area (Å²) in [5, 5.41) is -0.606. The van der Waals surface area contributed by atoms with Crippen LogP contribution in [-0.2, 0) is 10.0 Å². The summed E-state index contributed by atoms with van der Waals surface area (Å²) in [6.07, 6.45) is 1.21. The molecule has 0 amide bonds. The number of sulfonamides is 1. The minimum Gasteiger partial charge on any atom is -0.329 e. The first-order valence-electron chi connectivity index (χ1n) is 4.30. The molecule has 1 atom stereocenters. The standard InChI is InChI=1S/C8H12FN3O2S/c1-6(5-10)12-15(13,14)8-7(9)3-2-4-11-8/h2-4,6,12H,5,10H2,1H3/t6-/m1/s1. The number of nitrogens with two attached hydrogens (primary N) is 1. The summed E-state index contributed by atoms with van der Waals surface area (Å²) in [6, 6.07) is 1.89. The van der Waals surface area contributed by atoms with E-state index in [1.165, 1.54) is 12.3 Å². The van der Waals surface area contributed by atoms with E-state index in [4.69, 9.17) is 5.73 Å². The van der Waals surface area contributed by atoms with Crippen molar-refractivity contribution in [2.45, 2.75) is 18.0 Å². The Morgan fingerprint density at radius 2 is 2.33 bits per heavy atom. The Labute approximate surface area is 87.6 Å². The number of nitrogens with one attached hydrogen (secondary N) is 1. The van der Waals surface area contributed by atoms with Crippen molar-refractivity contribution >= 4 is 10.0 Å². The van der Waals surface area contributed by atoms with E-state index >= 15 is 0 Å². The van der Waals surface area contributed by atoms with Crippen LogP contribution >= 0.6 is 0 Å². The van der Waals surface area contributed by atoms with Gasteiger partial charge in [-0.3, -0.25) is 0 Å². The van der Waals surface area contributed by atoms with E-state index < -0.39 is 26.9 Å². The van der Waals surface area contributed by atoms with Crippen molar-refractivity contribution in [1.82, 2.24) is 9.71 Å². The quantitative estimate of drug-likeness (QED) is 0.757. The summed E-state index contributed by atoms with van der Waals surface area (Å²) >= 11 is 0. The van der Waals surface area contributed by atoms with Crippen LogP contribution in [0.2, 0.25) is 0 Å². The minimum absolute atomic E-state index is 0.133. The highest BCUT2D eigenvalue weighted by Crippen LogP contribution is 2.09. The maximum absolute atomic E-state index is 13.1. The lowest BCUT2D eigenvalue weighted by molar-refractivity contribution is 0.533. The Balaban J connectivity index is 3.02. The third kappa shape index (κ3) is 2.95. The predicted molar refractivity (Wildman–Crippen MR) is 53.0 cm³/mol. The van der Waals surface area contributed by atoms with Crippen molar-refractivity contribution in [3.05, 3.63) is 24.1 Å². The number of aromatic nitrogens is 1. The molecule has 84 valence electrons. The van der Waals surface area contributed by atoms with Gasteiger partial charge in [-0.05, 0) is 19.1 Å². The summed E-state index contributed by atoms with van der Waals surface area (Å²) in [7, 11) is -3.92. The first-order valence-corrected chi connectivity index (χ1v) is 5.78. The van der Waals surface area contributed by atoms with E-state index in [2.05, 4.69) is 9.71 Å². The molecule has 0 spiro atoms. The van der Waals surface area contributed by atoms with Crippen LogP contribution in [0.5, 0.6) is 0 Å². The Kier molecular flexibility index (Phi) is 3.72. The van der Waals surface area contributed by atoms with Crippen LogP contribution in [0.25, 0.3) is 0 Å². The molecule has 0 radical (unpaired) electrons. The smallest absolute Gasteiger partial charge is 0.261 e. The van der Waals surface area contributed by atoms with Gasteiger partial charge < -0.3 is 5.73 Å². The fourth-order valence-corrected chi connectivity index (χ4v) is 2.20. The lowest BCUT2D eigenvalue weighted by Crippen LogP contribution is -2.38. The van der Waals surface area contributed by atoms with Crippen molar-refractivity contribution in [3.8, 4) is 0 Å². The highest BCUT2D eigenvalue weighted by Gasteiger charge is 2.21. The summed E-state index contributed by atoms with van der Waals surface area (Å²) in [6.45, 7) is 1.71. The molecule has 0 saturated carbocycles. The molecule has 1 heterocycles. The van der Waals surface area contributed by atoms with Gasteiger partial charge >= 0.3 is 0 Å². The summed E-state index contributed by atoms with van der Waals surface area (Å²) in [4.78, 5) is 3.47. The van der Waals surface area contributed by atoms with Gasteiger partial charge in [-0.25, -0.2) is 22.5 Å².